The number of hydrogen-bond acceptors (Lipinski definition) is 1. The molecule has 1 aromatic rings. The lowest BCUT2D eigenvalue weighted by atomic mass is 10.0. The maximum atomic E-state index is 12.1. The third-order valence-corrected chi connectivity index (χ3v) is 2.59. The standard InChI is InChI=1S/C14H19F3O/c1-11(2)6-5-8-12-7-3-4-9-13(12)18-10-14(15,16)17/h3-4,7,9,11H,5-6,8,10H2,1-2H3. The molecule has 102 valence electrons. The van der Waals surface area contributed by atoms with Crippen LogP contribution in [0, 0.1) is 5.92 Å². The Balaban J connectivity index is 2.56. The highest BCUT2D eigenvalue weighted by molar-refractivity contribution is 5.33. The fraction of sp³-hybridized carbons (Fsp3) is 0.571. The van der Waals surface area contributed by atoms with E-state index in [0.717, 1.165) is 24.8 Å². The van der Waals surface area contributed by atoms with Crippen LogP contribution in [0.4, 0.5) is 13.2 Å². The van der Waals surface area contributed by atoms with Crippen LogP contribution in [0.25, 0.3) is 0 Å². The molecular weight excluding hydrogens is 241 g/mol. The first kappa shape index (κ1) is 14.9. The number of alkyl halides is 3. The van der Waals surface area contributed by atoms with Crippen LogP contribution in [0.3, 0.4) is 0 Å². The third-order valence-electron chi connectivity index (χ3n) is 2.59. The number of rotatable bonds is 6. The molecule has 0 saturated heterocycles. The summed E-state index contributed by atoms with van der Waals surface area (Å²) in [7, 11) is 0. The zero-order valence-electron chi connectivity index (χ0n) is 10.8. The molecule has 1 rings (SSSR count). The van der Waals surface area contributed by atoms with E-state index >= 15 is 0 Å². The van der Waals surface area contributed by atoms with E-state index in [4.69, 9.17) is 4.74 Å². The van der Waals surface area contributed by atoms with Gasteiger partial charge in [-0.15, -0.1) is 0 Å². The van der Waals surface area contributed by atoms with Crippen LogP contribution >= 0.6 is 0 Å². The zero-order valence-corrected chi connectivity index (χ0v) is 10.8. The molecule has 1 aromatic carbocycles. The van der Waals surface area contributed by atoms with Crippen molar-refractivity contribution in [3.05, 3.63) is 29.8 Å². The second kappa shape index (κ2) is 6.66. The number of para-hydroxylation sites is 1. The lowest BCUT2D eigenvalue weighted by Crippen LogP contribution is -2.19. The molecule has 0 atom stereocenters. The first-order chi connectivity index (χ1) is 8.38. The highest BCUT2D eigenvalue weighted by atomic mass is 19.4. The van der Waals surface area contributed by atoms with Gasteiger partial charge in [-0.25, -0.2) is 0 Å². The topological polar surface area (TPSA) is 9.23 Å². The summed E-state index contributed by atoms with van der Waals surface area (Å²) in [5, 5.41) is 0. The highest BCUT2D eigenvalue weighted by Crippen LogP contribution is 2.24. The molecule has 0 aliphatic rings. The van der Waals surface area contributed by atoms with E-state index in [-0.39, 0.29) is 0 Å². The maximum Gasteiger partial charge on any atom is 0.422 e. The van der Waals surface area contributed by atoms with E-state index < -0.39 is 12.8 Å². The van der Waals surface area contributed by atoms with Gasteiger partial charge >= 0.3 is 6.18 Å². The summed E-state index contributed by atoms with van der Waals surface area (Å²) < 4.78 is 41.2. The Morgan fingerprint density at radius 1 is 1.17 bits per heavy atom. The van der Waals surface area contributed by atoms with Crippen molar-refractivity contribution < 1.29 is 17.9 Å². The number of ether oxygens (including phenoxy) is 1. The van der Waals surface area contributed by atoms with E-state index in [1.165, 1.54) is 0 Å². The van der Waals surface area contributed by atoms with Crippen LogP contribution in [-0.4, -0.2) is 12.8 Å². The summed E-state index contributed by atoms with van der Waals surface area (Å²) in [5.41, 5.74) is 0.849. The normalized spacial score (nSPS) is 11.9. The van der Waals surface area contributed by atoms with Crippen molar-refractivity contribution in [2.45, 2.75) is 39.3 Å². The second-order valence-corrected chi connectivity index (χ2v) is 4.80. The lowest BCUT2D eigenvalue weighted by molar-refractivity contribution is -0.153. The van der Waals surface area contributed by atoms with Crippen LogP contribution in [0.2, 0.25) is 0 Å². The zero-order chi connectivity index (χ0) is 13.6. The molecule has 0 heterocycles. The van der Waals surface area contributed by atoms with E-state index in [1.807, 2.05) is 12.1 Å². The van der Waals surface area contributed by atoms with Gasteiger partial charge in [-0.2, -0.15) is 13.2 Å². The second-order valence-electron chi connectivity index (χ2n) is 4.80. The number of hydrogen-bond donors (Lipinski definition) is 0. The number of halogens is 3. The van der Waals surface area contributed by atoms with Gasteiger partial charge in [-0.05, 0) is 30.4 Å². The number of aryl methyl sites for hydroxylation is 1. The Bertz CT molecular complexity index is 358. The van der Waals surface area contributed by atoms with Crippen molar-refractivity contribution in [3.63, 3.8) is 0 Å². The summed E-state index contributed by atoms with van der Waals surface area (Å²) >= 11 is 0. The highest BCUT2D eigenvalue weighted by Gasteiger charge is 2.28. The molecule has 0 radical (unpaired) electrons. The van der Waals surface area contributed by atoms with Crippen molar-refractivity contribution in [3.8, 4) is 5.75 Å². The van der Waals surface area contributed by atoms with E-state index in [0.29, 0.717) is 11.7 Å². The Hall–Kier alpha value is -1.19. The Kier molecular flexibility index (Phi) is 5.51. The minimum Gasteiger partial charge on any atom is -0.484 e. The molecule has 0 amide bonds. The Morgan fingerprint density at radius 3 is 2.44 bits per heavy atom. The lowest BCUT2D eigenvalue weighted by Gasteiger charge is -2.13. The third kappa shape index (κ3) is 5.94. The van der Waals surface area contributed by atoms with Gasteiger partial charge < -0.3 is 4.74 Å². The largest absolute Gasteiger partial charge is 0.484 e. The van der Waals surface area contributed by atoms with Crippen molar-refractivity contribution >= 4 is 0 Å². The molecule has 4 heteroatoms. The molecule has 0 spiro atoms. The Morgan fingerprint density at radius 2 is 1.83 bits per heavy atom. The average Bonchev–Trinajstić information content (AvgIpc) is 2.26. The smallest absolute Gasteiger partial charge is 0.422 e. The first-order valence-corrected chi connectivity index (χ1v) is 6.16. The quantitative estimate of drug-likeness (QED) is 0.726. The summed E-state index contributed by atoms with van der Waals surface area (Å²) in [4.78, 5) is 0. The molecule has 0 unspecified atom stereocenters. The fourth-order valence-corrected chi connectivity index (χ4v) is 1.71. The number of benzene rings is 1. The SMILES string of the molecule is CC(C)CCCc1ccccc1OCC(F)(F)F. The van der Waals surface area contributed by atoms with Crippen LogP contribution in [0.1, 0.15) is 32.3 Å². The maximum absolute atomic E-state index is 12.1. The molecule has 0 bridgehead atoms. The van der Waals surface area contributed by atoms with E-state index in [1.54, 1.807) is 12.1 Å². The minimum absolute atomic E-state index is 0.346. The van der Waals surface area contributed by atoms with Crippen molar-refractivity contribution in [1.82, 2.24) is 0 Å². The van der Waals surface area contributed by atoms with E-state index in [2.05, 4.69) is 13.8 Å². The molecule has 18 heavy (non-hydrogen) atoms. The summed E-state index contributed by atoms with van der Waals surface area (Å²) in [6.07, 6.45) is -1.51. The van der Waals surface area contributed by atoms with Crippen molar-refractivity contribution in [2.75, 3.05) is 6.61 Å². The molecule has 0 aliphatic carbocycles. The van der Waals surface area contributed by atoms with Gasteiger partial charge in [-0.1, -0.05) is 38.5 Å². The van der Waals surface area contributed by atoms with Gasteiger partial charge in [0.15, 0.2) is 6.61 Å². The molecule has 0 aromatic heterocycles. The molecule has 0 saturated carbocycles. The molecule has 0 fully saturated rings. The molecule has 0 N–H and O–H groups in total. The fourth-order valence-electron chi connectivity index (χ4n) is 1.71. The predicted molar refractivity (Wildman–Crippen MR) is 65.8 cm³/mol. The molecule has 1 nitrogen and oxygen atoms in total. The summed E-state index contributed by atoms with van der Waals surface area (Å²) in [6.45, 7) is 3.03. The molecular formula is C14H19F3O. The Labute approximate surface area is 106 Å². The van der Waals surface area contributed by atoms with Gasteiger partial charge in [0.25, 0.3) is 0 Å². The van der Waals surface area contributed by atoms with Crippen LogP contribution in [0.5, 0.6) is 5.75 Å². The molecule has 0 aliphatic heterocycles. The van der Waals surface area contributed by atoms with Crippen LogP contribution in [-0.2, 0) is 6.42 Å². The van der Waals surface area contributed by atoms with Gasteiger partial charge in [0.2, 0.25) is 0 Å². The monoisotopic (exact) mass is 260 g/mol. The van der Waals surface area contributed by atoms with Gasteiger partial charge in [0.05, 0.1) is 0 Å². The van der Waals surface area contributed by atoms with Crippen LogP contribution in [0.15, 0.2) is 24.3 Å². The van der Waals surface area contributed by atoms with Gasteiger partial charge in [0.1, 0.15) is 5.75 Å². The van der Waals surface area contributed by atoms with Crippen molar-refractivity contribution in [1.29, 1.82) is 0 Å². The van der Waals surface area contributed by atoms with Gasteiger partial charge in [0, 0.05) is 0 Å². The summed E-state index contributed by atoms with van der Waals surface area (Å²) in [6, 6.07) is 6.94. The van der Waals surface area contributed by atoms with Crippen LogP contribution < -0.4 is 4.74 Å². The first-order valence-electron chi connectivity index (χ1n) is 6.16. The minimum atomic E-state index is -4.29. The summed E-state index contributed by atoms with van der Waals surface area (Å²) in [5.74, 6) is 0.951. The predicted octanol–water partition coefficient (Wildman–Crippen LogP) is 4.61. The average molecular weight is 260 g/mol. The van der Waals surface area contributed by atoms with E-state index in [9.17, 15) is 13.2 Å². The van der Waals surface area contributed by atoms with Gasteiger partial charge in [-0.3, -0.25) is 0 Å². The van der Waals surface area contributed by atoms with Crippen molar-refractivity contribution in [2.24, 2.45) is 5.92 Å².